The molecule has 0 saturated heterocycles. The molecule has 1 rings (SSSR count). The molecule has 1 aliphatic carbocycles. The lowest BCUT2D eigenvalue weighted by molar-refractivity contribution is 0.188. The van der Waals surface area contributed by atoms with Crippen molar-refractivity contribution in [3.05, 3.63) is 34.2 Å². The molecule has 0 atom stereocenters. The molecule has 1 aliphatic rings. The van der Waals surface area contributed by atoms with Crippen LogP contribution in [0.1, 0.15) is 0 Å². The standard InChI is InChI=1S/C6H5BrO2/c7-5-3-1-2-4(5)6(8)9/h1-3,8-9H. The van der Waals surface area contributed by atoms with Gasteiger partial charge in [0.1, 0.15) is 0 Å². The van der Waals surface area contributed by atoms with Crippen LogP contribution in [-0.2, 0) is 0 Å². The predicted octanol–water partition coefficient (Wildman–Crippen LogP) is 2.16. The Bertz CT molecular complexity index is 209. The van der Waals surface area contributed by atoms with Gasteiger partial charge in [0.25, 0.3) is 5.95 Å². The molecular weight excluding hydrogens is 184 g/mol. The molecule has 0 amide bonds. The molecule has 0 spiro atoms. The van der Waals surface area contributed by atoms with Crippen molar-refractivity contribution in [2.24, 2.45) is 0 Å². The fraction of sp³-hybridized carbons (Fsp3) is 0. The van der Waals surface area contributed by atoms with Gasteiger partial charge in [0.05, 0.1) is 5.57 Å². The first-order chi connectivity index (χ1) is 4.22. The van der Waals surface area contributed by atoms with Crippen molar-refractivity contribution in [2.45, 2.75) is 0 Å². The number of hydrogen-bond acceptors (Lipinski definition) is 2. The van der Waals surface area contributed by atoms with E-state index in [1.807, 2.05) is 0 Å². The maximum atomic E-state index is 8.54. The first kappa shape index (κ1) is 6.42. The Hall–Kier alpha value is -0.700. The lowest BCUT2D eigenvalue weighted by Gasteiger charge is -1.93. The predicted molar refractivity (Wildman–Crippen MR) is 38.4 cm³/mol. The van der Waals surface area contributed by atoms with Gasteiger partial charge in [-0.2, -0.15) is 0 Å². The lowest BCUT2D eigenvalue weighted by Crippen LogP contribution is -1.83. The SMILES string of the molecule is OC(O)=C1C=CC=C1Br. The van der Waals surface area contributed by atoms with Crippen molar-refractivity contribution in [3.63, 3.8) is 0 Å². The van der Waals surface area contributed by atoms with E-state index in [9.17, 15) is 0 Å². The van der Waals surface area contributed by atoms with Gasteiger partial charge in [-0.25, -0.2) is 0 Å². The summed E-state index contributed by atoms with van der Waals surface area (Å²) in [6, 6.07) is 0. The van der Waals surface area contributed by atoms with E-state index in [0.717, 1.165) is 0 Å². The van der Waals surface area contributed by atoms with E-state index in [-0.39, 0.29) is 0 Å². The number of aliphatic hydroxyl groups excluding tert-OH is 1. The van der Waals surface area contributed by atoms with E-state index in [1.165, 1.54) is 0 Å². The molecule has 0 heterocycles. The minimum atomic E-state index is -0.646. The van der Waals surface area contributed by atoms with Crippen LogP contribution in [0.5, 0.6) is 0 Å². The fourth-order valence-corrected chi connectivity index (χ4v) is 1.04. The smallest absolute Gasteiger partial charge is 0.282 e. The second kappa shape index (κ2) is 2.27. The summed E-state index contributed by atoms with van der Waals surface area (Å²) < 4.78 is 0.697. The van der Waals surface area contributed by atoms with Crippen molar-refractivity contribution in [1.82, 2.24) is 0 Å². The third-order valence-electron chi connectivity index (χ3n) is 1.00. The lowest BCUT2D eigenvalue weighted by atomic mass is 10.3. The average molecular weight is 189 g/mol. The zero-order valence-corrected chi connectivity index (χ0v) is 6.09. The van der Waals surface area contributed by atoms with E-state index in [2.05, 4.69) is 15.9 Å². The van der Waals surface area contributed by atoms with E-state index >= 15 is 0 Å². The van der Waals surface area contributed by atoms with E-state index < -0.39 is 5.95 Å². The molecule has 0 fully saturated rings. The Kier molecular flexibility index (Phi) is 1.62. The van der Waals surface area contributed by atoms with Crippen molar-refractivity contribution in [3.8, 4) is 0 Å². The van der Waals surface area contributed by atoms with Crippen LogP contribution in [-0.4, -0.2) is 10.2 Å². The Balaban J connectivity index is 3.00. The molecule has 2 nitrogen and oxygen atoms in total. The van der Waals surface area contributed by atoms with Gasteiger partial charge < -0.3 is 10.2 Å². The summed E-state index contributed by atoms with van der Waals surface area (Å²) in [5, 5.41) is 17.1. The normalized spacial score (nSPS) is 16.1. The first-order valence-corrected chi connectivity index (χ1v) is 3.17. The highest BCUT2D eigenvalue weighted by Gasteiger charge is 2.07. The van der Waals surface area contributed by atoms with Crippen molar-refractivity contribution in [1.29, 1.82) is 0 Å². The Morgan fingerprint density at radius 1 is 1.44 bits per heavy atom. The van der Waals surface area contributed by atoms with E-state index in [4.69, 9.17) is 10.2 Å². The molecule has 48 valence electrons. The highest BCUT2D eigenvalue weighted by molar-refractivity contribution is 9.12. The number of hydrogen-bond donors (Lipinski definition) is 2. The second-order valence-electron chi connectivity index (χ2n) is 1.61. The largest absolute Gasteiger partial charge is 0.481 e. The molecular formula is C6H5BrO2. The van der Waals surface area contributed by atoms with Gasteiger partial charge in [-0.3, -0.25) is 0 Å². The molecule has 0 aliphatic heterocycles. The van der Waals surface area contributed by atoms with Crippen LogP contribution in [0.2, 0.25) is 0 Å². The maximum absolute atomic E-state index is 8.54. The molecule has 0 aromatic heterocycles. The van der Waals surface area contributed by atoms with Gasteiger partial charge in [0, 0.05) is 4.48 Å². The Morgan fingerprint density at radius 3 is 2.33 bits per heavy atom. The summed E-state index contributed by atoms with van der Waals surface area (Å²) in [7, 11) is 0. The molecule has 0 aromatic carbocycles. The van der Waals surface area contributed by atoms with Crippen LogP contribution in [0.25, 0.3) is 0 Å². The van der Waals surface area contributed by atoms with Gasteiger partial charge in [0.2, 0.25) is 0 Å². The molecule has 2 N–H and O–H groups in total. The second-order valence-corrected chi connectivity index (χ2v) is 2.47. The maximum Gasteiger partial charge on any atom is 0.282 e. The van der Waals surface area contributed by atoms with Gasteiger partial charge in [-0.05, 0) is 28.1 Å². The zero-order chi connectivity index (χ0) is 6.85. The number of halogens is 1. The summed E-state index contributed by atoms with van der Waals surface area (Å²) in [6.07, 6.45) is 5.08. The highest BCUT2D eigenvalue weighted by Crippen LogP contribution is 2.24. The first-order valence-electron chi connectivity index (χ1n) is 2.38. The highest BCUT2D eigenvalue weighted by atomic mass is 79.9. The van der Waals surface area contributed by atoms with Crippen LogP contribution in [0.4, 0.5) is 0 Å². The molecule has 0 bridgehead atoms. The fourth-order valence-electron chi connectivity index (χ4n) is 0.580. The molecule has 0 radical (unpaired) electrons. The summed E-state index contributed by atoms with van der Waals surface area (Å²) in [5.74, 6) is -0.646. The quantitative estimate of drug-likeness (QED) is 0.573. The van der Waals surface area contributed by atoms with Gasteiger partial charge in [-0.1, -0.05) is 6.08 Å². The number of allylic oxidation sites excluding steroid dienone is 5. The van der Waals surface area contributed by atoms with Gasteiger partial charge in [0.15, 0.2) is 0 Å². The molecule has 0 unspecified atom stereocenters. The Labute approximate surface area is 60.9 Å². The summed E-state index contributed by atoms with van der Waals surface area (Å²) >= 11 is 3.13. The van der Waals surface area contributed by atoms with Crippen LogP contribution in [0.3, 0.4) is 0 Å². The summed E-state index contributed by atoms with van der Waals surface area (Å²) in [5.41, 5.74) is 0.426. The summed E-state index contributed by atoms with van der Waals surface area (Å²) in [4.78, 5) is 0. The van der Waals surface area contributed by atoms with Gasteiger partial charge in [-0.15, -0.1) is 0 Å². The third kappa shape index (κ3) is 1.16. The van der Waals surface area contributed by atoms with Crippen molar-refractivity contribution < 1.29 is 10.2 Å². The number of aliphatic hydroxyl groups is 2. The summed E-state index contributed by atoms with van der Waals surface area (Å²) in [6.45, 7) is 0. The zero-order valence-electron chi connectivity index (χ0n) is 4.50. The number of rotatable bonds is 0. The minimum Gasteiger partial charge on any atom is -0.481 e. The van der Waals surface area contributed by atoms with Crippen LogP contribution in [0.15, 0.2) is 34.2 Å². The molecule has 0 saturated carbocycles. The Morgan fingerprint density at radius 2 is 2.11 bits per heavy atom. The van der Waals surface area contributed by atoms with E-state index in [0.29, 0.717) is 10.1 Å². The molecule has 3 heteroatoms. The van der Waals surface area contributed by atoms with Gasteiger partial charge >= 0.3 is 0 Å². The molecule has 0 aromatic rings. The third-order valence-corrected chi connectivity index (χ3v) is 1.70. The van der Waals surface area contributed by atoms with Crippen LogP contribution >= 0.6 is 15.9 Å². The average Bonchev–Trinajstić information content (AvgIpc) is 2.13. The monoisotopic (exact) mass is 188 g/mol. The molecule has 9 heavy (non-hydrogen) atoms. The van der Waals surface area contributed by atoms with E-state index in [1.54, 1.807) is 18.2 Å². The van der Waals surface area contributed by atoms with Crippen molar-refractivity contribution in [2.75, 3.05) is 0 Å². The topological polar surface area (TPSA) is 40.5 Å². The van der Waals surface area contributed by atoms with Crippen LogP contribution < -0.4 is 0 Å². The minimum absolute atomic E-state index is 0.426. The van der Waals surface area contributed by atoms with Crippen molar-refractivity contribution >= 4 is 15.9 Å². The van der Waals surface area contributed by atoms with Crippen LogP contribution in [0, 0.1) is 0 Å².